The maximum atomic E-state index is 12.3. The molecule has 1 aromatic carbocycles. The van der Waals surface area contributed by atoms with Crippen LogP contribution in [-0.2, 0) is 10.2 Å². The molecule has 18 heavy (non-hydrogen) atoms. The molecule has 0 aliphatic heterocycles. The summed E-state index contributed by atoms with van der Waals surface area (Å²) in [6.07, 6.45) is 0. The number of hydrogen-bond donors (Lipinski definition) is 1. The molecule has 1 aromatic rings. The largest absolute Gasteiger partial charge is 0.369 e. The average Bonchev–Trinajstić information content (AvgIpc) is 2.14. The highest BCUT2D eigenvalue weighted by Gasteiger charge is 2.56. The molecule has 0 unspecified atom stereocenters. The minimum absolute atomic E-state index is 0.252. The number of amides is 1. The van der Waals surface area contributed by atoms with Gasteiger partial charge in [0.25, 0.3) is 0 Å². The number of benzene rings is 1. The van der Waals surface area contributed by atoms with Crippen LogP contribution in [0.1, 0.15) is 47.1 Å². The highest BCUT2D eigenvalue weighted by Crippen LogP contribution is 2.52. The minimum atomic E-state index is -0.693. The Morgan fingerprint density at radius 3 is 1.56 bits per heavy atom. The smallest absolute Gasteiger partial charge is 0.229 e. The Morgan fingerprint density at radius 1 is 0.889 bits per heavy atom. The molecule has 0 saturated heterocycles. The predicted octanol–water partition coefficient (Wildman–Crippen LogP) is 3.50. The lowest BCUT2D eigenvalue weighted by Crippen LogP contribution is -2.58. The van der Waals surface area contributed by atoms with Crippen LogP contribution in [0.3, 0.4) is 0 Å². The normalized spacial score (nSPS) is 13.4. The molecule has 0 aliphatic carbocycles. The molecular formula is C16H25NO. The molecule has 0 fully saturated rings. The first-order valence-electron chi connectivity index (χ1n) is 6.40. The number of carbonyl (C=O) groups excluding carboxylic acids is 1. The van der Waals surface area contributed by atoms with E-state index in [0.717, 1.165) is 5.56 Å². The molecule has 0 bridgehead atoms. The summed E-state index contributed by atoms with van der Waals surface area (Å²) in [7, 11) is 0. The summed E-state index contributed by atoms with van der Waals surface area (Å²) < 4.78 is 0. The molecule has 1 rings (SSSR count). The molecule has 0 atom stereocenters. The van der Waals surface area contributed by atoms with Gasteiger partial charge in [0.2, 0.25) is 5.91 Å². The quantitative estimate of drug-likeness (QED) is 0.854. The lowest BCUT2D eigenvalue weighted by molar-refractivity contribution is -0.134. The van der Waals surface area contributed by atoms with Crippen LogP contribution < -0.4 is 5.73 Å². The maximum Gasteiger partial charge on any atom is 0.229 e. The molecule has 100 valence electrons. The van der Waals surface area contributed by atoms with Gasteiger partial charge in [0.1, 0.15) is 0 Å². The van der Waals surface area contributed by atoms with Crippen molar-refractivity contribution in [3.8, 4) is 0 Å². The summed E-state index contributed by atoms with van der Waals surface area (Å²) in [4.78, 5) is 12.3. The summed E-state index contributed by atoms with van der Waals surface area (Å²) in [6, 6.07) is 9.89. The molecule has 0 spiro atoms. The summed E-state index contributed by atoms with van der Waals surface area (Å²) in [5.74, 6) is -0.256. The van der Waals surface area contributed by atoms with E-state index in [1.165, 1.54) is 0 Å². The highest BCUT2D eigenvalue weighted by molar-refractivity contribution is 5.88. The van der Waals surface area contributed by atoms with Crippen LogP contribution in [0.4, 0.5) is 0 Å². The van der Waals surface area contributed by atoms with Gasteiger partial charge in [-0.05, 0) is 16.4 Å². The highest BCUT2D eigenvalue weighted by atomic mass is 16.1. The van der Waals surface area contributed by atoms with Crippen molar-refractivity contribution in [3.05, 3.63) is 35.9 Å². The molecule has 2 N–H and O–H groups in total. The van der Waals surface area contributed by atoms with Crippen LogP contribution in [0.15, 0.2) is 30.3 Å². The second kappa shape index (κ2) is 4.42. The van der Waals surface area contributed by atoms with Gasteiger partial charge in [-0.15, -0.1) is 0 Å². The van der Waals surface area contributed by atoms with Crippen molar-refractivity contribution < 1.29 is 4.79 Å². The van der Waals surface area contributed by atoms with E-state index in [0.29, 0.717) is 0 Å². The van der Waals surface area contributed by atoms with Gasteiger partial charge in [0.15, 0.2) is 0 Å². The molecule has 0 heterocycles. The topological polar surface area (TPSA) is 43.1 Å². The minimum Gasteiger partial charge on any atom is -0.369 e. The van der Waals surface area contributed by atoms with Gasteiger partial charge < -0.3 is 5.73 Å². The number of rotatable bonds is 2. The van der Waals surface area contributed by atoms with Crippen molar-refractivity contribution in [1.29, 1.82) is 0 Å². The van der Waals surface area contributed by atoms with Gasteiger partial charge in [-0.25, -0.2) is 0 Å². The Labute approximate surface area is 111 Å². The number of nitrogens with two attached hydrogens (primary N) is 1. The van der Waals surface area contributed by atoms with E-state index in [2.05, 4.69) is 41.5 Å². The fourth-order valence-electron chi connectivity index (χ4n) is 3.56. The van der Waals surface area contributed by atoms with E-state index in [1.807, 2.05) is 30.3 Å². The van der Waals surface area contributed by atoms with Crippen molar-refractivity contribution in [2.24, 2.45) is 16.6 Å². The van der Waals surface area contributed by atoms with E-state index in [1.54, 1.807) is 0 Å². The van der Waals surface area contributed by atoms with Crippen molar-refractivity contribution in [2.75, 3.05) is 0 Å². The first-order chi connectivity index (χ1) is 8.05. The Balaban J connectivity index is 3.67. The molecular weight excluding hydrogens is 222 g/mol. The number of carbonyl (C=O) groups is 1. The Bertz CT molecular complexity index is 407. The lowest BCUT2D eigenvalue weighted by atomic mass is 9.51. The van der Waals surface area contributed by atoms with E-state index in [-0.39, 0.29) is 16.7 Å². The van der Waals surface area contributed by atoms with E-state index < -0.39 is 5.41 Å². The third-order valence-corrected chi connectivity index (χ3v) is 3.83. The number of primary amides is 1. The molecule has 0 aliphatic rings. The van der Waals surface area contributed by atoms with Gasteiger partial charge >= 0.3 is 0 Å². The Hall–Kier alpha value is -1.31. The van der Waals surface area contributed by atoms with Crippen LogP contribution in [0.25, 0.3) is 0 Å². The van der Waals surface area contributed by atoms with Crippen molar-refractivity contribution in [2.45, 2.75) is 47.0 Å². The molecule has 1 amide bonds. The molecule has 0 aromatic heterocycles. The zero-order valence-electron chi connectivity index (χ0n) is 12.4. The second-order valence-electron chi connectivity index (χ2n) is 6.98. The standard InChI is InChI=1S/C16H25NO/c1-14(2,3)16(13(17)18,15(4,5)6)12-10-8-7-9-11-12/h7-11H,1-6H3,(H2,17,18). The molecule has 2 heteroatoms. The van der Waals surface area contributed by atoms with Gasteiger partial charge in [-0.1, -0.05) is 71.9 Å². The zero-order valence-corrected chi connectivity index (χ0v) is 12.4. The fraction of sp³-hybridized carbons (Fsp3) is 0.562. The monoisotopic (exact) mass is 247 g/mol. The predicted molar refractivity (Wildman–Crippen MR) is 76.2 cm³/mol. The van der Waals surface area contributed by atoms with Crippen LogP contribution in [0.5, 0.6) is 0 Å². The Morgan fingerprint density at radius 2 is 1.28 bits per heavy atom. The van der Waals surface area contributed by atoms with Crippen LogP contribution in [0, 0.1) is 10.8 Å². The van der Waals surface area contributed by atoms with Crippen LogP contribution >= 0.6 is 0 Å². The molecule has 2 nitrogen and oxygen atoms in total. The van der Waals surface area contributed by atoms with Crippen LogP contribution in [0.2, 0.25) is 0 Å². The van der Waals surface area contributed by atoms with Gasteiger partial charge in [-0.2, -0.15) is 0 Å². The van der Waals surface area contributed by atoms with Crippen LogP contribution in [-0.4, -0.2) is 5.91 Å². The second-order valence-corrected chi connectivity index (χ2v) is 6.98. The van der Waals surface area contributed by atoms with E-state index in [9.17, 15) is 4.79 Å². The summed E-state index contributed by atoms with van der Waals surface area (Å²) >= 11 is 0. The SMILES string of the molecule is CC(C)(C)C(C(N)=O)(c1ccccc1)C(C)(C)C. The molecule has 0 radical (unpaired) electrons. The Kier molecular flexibility index (Phi) is 3.62. The summed E-state index contributed by atoms with van der Waals surface area (Å²) in [5, 5.41) is 0. The van der Waals surface area contributed by atoms with Crippen molar-refractivity contribution >= 4 is 5.91 Å². The van der Waals surface area contributed by atoms with Gasteiger partial charge in [0.05, 0.1) is 5.41 Å². The first-order valence-corrected chi connectivity index (χ1v) is 6.40. The van der Waals surface area contributed by atoms with E-state index >= 15 is 0 Å². The van der Waals surface area contributed by atoms with Gasteiger partial charge in [-0.3, -0.25) is 4.79 Å². The number of hydrogen-bond acceptors (Lipinski definition) is 1. The maximum absolute atomic E-state index is 12.3. The lowest BCUT2D eigenvalue weighted by Gasteiger charge is -2.51. The van der Waals surface area contributed by atoms with E-state index in [4.69, 9.17) is 5.73 Å². The third-order valence-electron chi connectivity index (χ3n) is 3.83. The molecule has 0 saturated carbocycles. The zero-order chi connectivity index (χ0) is 14.2. The van der Waals surface area contributed by atoms with Crippen molar-refractivity contribution in [1.82, 2.24) is 0 Å². The first kappa shape index (κ1) is 14.7. The van der Waals surface area contributed by atoms with Gasteiger partial charge in [0, 0.05) is 0 Å². The average molecular weight is 247 g/mol. The summed E-state index contributed by atoms with van der Waals surface area (Å²) in [6.45, 7) is 12.5. The third kappa shape index (κ3) is 2.05. The summed E-state index contributed by atoms with van der Waals surface area (Å²) in [5.41, 5.74) is 5.64. The fourth-order valence-corrected chi connectivity index (χ4v) is 3.56. The van der Waals surface area contributed by atoms with Crippen molar-refractivity contribution in [3.63, 3.8) is 0 Å².